The summed E-state index contributed by atoms with van der Waals surface area (Å²) < 4.78 is 0.685. The van der Waals surface area contributed by atoms with Gasteiger partial charge in [-0.15, -0.1) is 0 Å². The van der Waals surface area contributed by atoms with Gasteiger partial charge in [-0.2, -0.15) is 9.99 Å². The minimum Gasteiger partial charge on any atom is -0.617 e. The molecule has 16 heavy (non-hydrogen) atoms. The molecule has 0 unspecified atom stereocenters. The van der Waals surface area contributed by atoms with Crippen LogP contribution in [0.15, 0.2) is 42.5 Å². The number of benzene rings is 1. The van der Waals surface area contributed by atoms with E-state index in [1.807, 2.05) is 43.3 Å². The molecule has 3 heteroatoms. The topological polar surface area (TPSA) is 50.7 Å². The van der Waals surface area contributed by atoms with Crippen LogP contribution in [0.5, 0.6) is 0 Å². The van der Waals surface area contributed by atoms with Gasteiger partial charge in [0.2, 0.25) is 5.69 Å². The van der Waals surface area contributed by atoms with Crippen molar-refractivity contribution in [3.8, 4) is 17.3 Å². The van der Waals surface area contributed by atoms with Gasteiger partial charge in [0.25, 0.3) is 5.69 Å². The van der Waals surface area contributed by atoms with Crippen molar-refractivity contribution in [3.63, 3.8) is 0 Å². The van der Waals surface area contributed by atoms with Crippen LogP contribution >= 0.6 is 0 Å². The van der Waals surface area contributed by atoms with Crippen molar-refractivity contribution in [2.24, 2.45) is 0 Å². The van der Waals surface area contributed by atoms with Gasteiger partial charge >= 0.3 is 0 Å². The summed E-state index contributed by atoms with van der Waals surface area (Å²) in [5, 5.41) is 20.7. The minimum atomic E-state index is 0.115. The predicted molar refractivity (Wildman–Crippen MR) is 60.3 cm³/mol. The average molecular weight is 210 g/mol. The van der Waals surface area contributed by atoms with E-state index in [-0.39, 0.29) is 5.69 Å². The van der Waals surface area contributed by atoms with Crippen LogP contribution in [-0.4, -0.2) is 0 Å². The lowest BCUT2D eigenvalue weighted by Gasteiger charge is -2.08. The first-order valence-electron chi connectivity index (χ1n) is 4.92. The van der Waals surface area contributed by atoms with Gasteiger partial charge in [0.05, 0.1) is 0 Å². The zero-order valence-corrected chi connectivity index (χ0v) is 8.84. The van der Waals surface area contributed by atoms with Crippen molar-refractivity contribution in [1.29, 1.82) is 5.26 Å². The summed E-state index contributed by atoms with van der Waals surface area (Å²) in [5.41, 5.74) is 2.34. The number of nitriles is 1. The molecular weight excluding hydrogens is 200 g/mol. The second-order valence-corrected chi connectivity index (χ2v) is 3.52. The zero-order valence-electron chi connectivity index (χ0n) is 8.84. The van der Waals surface area contributed by atoms with Crippen LogP contribution in [0, 0.1) is 23.5 Å². The van der Waals surface area contributed by atoms with E-state index in [0.29, 0.717) is 10.4 Å². The molecule has 0 aliphatic rings. The summed E-state index contributed by atoms with van der Waals surface area (Å²) in [4.78, 5) is 0. The van der Waals surface area contributed by atoms with Crippen molar-refractivity contribution in [1.82, 2.24) is 0 Å². The molecule has 1 heterocycles. The van der Waals surface area contributed by atoms with Crippen molar-refractivity contribution in [2.45, 2.75) is 6.92 Å². The second-order valence-electron chi connectivity index (χ2n) is 3.52. The molecular formula is C13H10N2O. The highest BCUT2D eigenvalue weighted by atomic mass is 16.5. The van der Waals surface area contributed by atoms with Gasteiger partial charge < -0.3 is 5.21 Å². The summed E-state index contributed by atoms with van der Waals surface area (Å²) in [6.07, 6.45) is 0. The highest BCUT2D eigenvalue weighted by Gasteiger charge is 2.15. The summed E-state index contributed by atoms with van der Waals surface area (Å²) in [6.45, 7) is 1.86. The number of hydrogen-bond acceptors (Lipinski definition) is 2. The molecule has 0 spiro atoms. The summed E-state index contributed by atoms with van der Waals surface area (Å²) in [5.74, 6) is 0. The van der Waals surface area contributed by atoms with E-state index in [2.05, 4.69) is 0 Å². The molecule has 0 aliphatic heterocycles. The maximum absolute atomic E-state index is 11.9. The number of rotatable bonds is 1. The van der Waals surface area contributed by atoms with Crippen LogP contribution in [0.1, 0.15) is 11.3 Å². The van der Waals surface area contributed by atoms with Crippen LogP contribution in [0.25, 0.3) is 11.3 Å². The van der Waals surface area contributed by atoms with Crippen LogP contribution < -0.4 is 4.73 Å². The molecule has 0 atom stereocenters. The van der Waals surface area contributed by atoms with Gasteiger partial charge in [0.15, 0.2) is 6.07 Å². The molecule has 0 bridgehead atoms. The Morgan fingerprint density at radius 2 is 1.81 bits per heavy atom. The Morgan fingerprint density at radius 3 is 2.44 bits per heavy atom. The average Bonchev–Trinajstić information content (AvgIpc) is 2.31. The van der Waals surface area contributed by atoms with Crippen LogP contribution in [-0.2, 0) is 0 Å². The summed E-state index contributed by atoms with van der Waals surface area (Å²) in [6, 6.07) is 14.6. The van der Waals surface area contributed by atoms with Crippen LogP contribution in [0.2, 0.25) is 0 Å². The monoisotopic (exact) mass is 210 g/mol. The molecule has 0 radical (unpaired) electrons. The number of hydrogen-bond donors (Lipinski definition) is 0. The van der Waals surface area contributed by atoms with Crippen molar-refractivity contribution in [3.05, 3.63) is 58.9 Å². The first kappa shape index (κ1) is 10.2. The summed E-state index contributed by atoms with van der Waals surface area (Å²) >= 11 is 0. The third kappa shape index (κ3) is 1.61. The molecule has 0 fully saturated rings. The van der Waals surface area contributed by atoms with Gasteiger partial charge in [-0.05, 0) is 25.1 Å². The maximum atomic E-state index is 11.9. The van der Waals surface area contributed by atoms with Crippen LogP contribution in [0.3, 0.4) is 0 Å². The van der Waals surface area contributed by atoms with Gasteiger partial charge in [-0.25, -0.2) is 0 Å². The van der Waals surface area contributed by atoms with Gasteiger partial charge in [0.1, 0.15) is 0 Å². The molecule has 0 amide bonds. The van der Waals surface area contributed by atoms with Crippen molar-refractivity contribution >= 4 is 0 Å². The van der Waals surface area contributed by atoms with E-state index >= 15 is 0 Å². The number of aromatic nitrogens is 1. The Bertz CT molecular complexity index is 556. The molecule has 0 aliphatic carbocycles. The smallest absolute Gasteiger partial charge is 0.295 e. The number of pyridine rings is 1. The highest BCUT2D eigenvalue weighted by molar-refractivity contribution is 5.60. The largest absolute Gasteiger partial charge is 0.617 e. The second kappa shape index (κ2) is 4.03. The molecule has 3 nitrogen and oxygen atoms in total. The number of aryl methyl sites for hydroxylation is 1. The van der Waals surface area contributed by atoms with E-state index in [1.54, 1.807) is 6.07 Å². The van der Waals surface area contributed by atoms with Gasteiger partial charge in [-0.1, -0.05) is 18.2 Å². The fraction of sp³-hybridized carbons (Fsp3) is 0.0769. The maximum Gasteiger partial charge on any atom is 0.295 e. The minimum absolute atomic E-state index is 0.115. The molecule has 78 valence electrons. The molecule has 2 aromatic rings. The quantitative estimate of drug-likeness (QED) is 0.535. The van der Waals surface area contributed by atoms with E-state index < -0.39 is 0 Å². The lowest BCUT2D eigenvalue weighted by Crippen LogP contribution is -2.34. The molecule has 2 rings (SSSR count). The Balaban J connectivity index is 2.70. The van der Waals surface area contributed by atoms with E-state index in [1.165, 1.54) is 6.07 Å². The highest BCUT2D eigenvalue weighted by Crippen LogP contribution is 2.19. The van der Waals surface area contributed by atoms with E-state index in [4.69, 9.17) is 5.26 Å². The molecule has 0 N–H and O–H groups in total. The normalized spacial score (nSPS) is 9.75. The van der Waals surface area contributed by atoms with Crippen molar-refractivity contribution < 1.29 is 4.73 Å². The number of nitrogens with zero attached hydrogens (tertiary/aromatic N) is 2. The van der Waals surface area contributed by atoms with Crippen molar-refractivity contribution in [2.75, 3.05) is 0 Å². The molecule has 1 aromatic carbocycles. The van der Waals surface area contributed by atoms with Gasteiger partial charge in [-0.3, -0.25) is 0 Å². The Morgan fingerprint density at radius 1 is 1.12 bits per heavy atom. The fourth-order valence-electron chi connectivity index (χ4n) is 1.65. The van der Waals surface area contributed by atoms with E-state index in [0.717, 1.165) is 11.1 Å². The SMILES string of the molecule is Cc1ccc(C#N)[n+]([O-])c1-c1ccccc1. The van der Waals surface area contributed by atoms with Gasteiger partial charge in [0, 0.05) is 17.2 Å². The lowest BCUT2D eigenvalue weighted by molar-refractivity contribution is -0.596. The fourth-order valence-corrected chi connectivity index (χ4v) is 1.65. The Labute approximate surface area is 93.8 Å². The standard InChI is InChI=1S/C13H10N2O/c1-10-7-8-12(9-14)15(16)13(10)11-5-3-2-4-6-11/h2-8H,1H3. The molecule has 0 saturated heterocycles. The first-order valence-corrected chi connectivity index (χ1v) is 4.92. The predicted octanol–water partition coefficient (Wildman–Crippen LogP) is 2.17. The Kier molecular flexibility index (Phi) is 2.57. The summed E-state index contributed by atoms with van der Waals surface area (Å²) in [7, 11) is 0. The Hall–Kier alpha value is -2.34. The van der Waals surface area contributed by atoms with E-state index in [9.17, 15) is 5.21 Å². The third-order valence-electron chi connectivity index (χ3n) is 2.45. The molecule has 1 aromatic heterocycles. The third-order valence-corrected chi connectivity index (χ3v) is 2.45. The van der Waals surface area contributed by atoms with Crippen LogP contribution in [0.4, 0.5) is 0 Å². The molecule has 0 saturated carbocycles. The lowest BCUT2D eigenvalue weighted by atomic mass is 10.1. The first-order chi connectivity index (χ1) is 7.74. The zero-order chi connectivity index (χ0) is 11.5.